The van der Waals surface area contributed by atoms with Crippen LogP contribution in [-0.4, -0.2) is 67.2 Å². The molecule has 2 aliphatic rings. The summed E-state index contributed by atoms with van der Waals surface area (Å²) in [7, 11) is 1.69. The normalized spacial score (nSPS) is 17.8. The van der Waals surface area contributed by atoms with Crippen molar-refractivity contribution in [2.45, 2.75) is 33.1 Å². The van der Waals surface area contributed by atoms with Gasteiger partial charge in [0.1, 0.15) is 22.7 Å². The second-order valence-corrected chi connectivity index (χ2v) is 10.5. The third-order valence-electron chi connectivity index (χ3n) is 7.33. The Morgan fingerprint density at radius 2 is 1.74 bits per heavy atom. The van der Waals surface area contributed by atoms with Crippen LogP contribution in [0.5, 0.6) is 5.75 Å². The molecule has 1 aromatic carbocycles. The second kappa shape index (κ2) is 9.78. The van der Waals surface area contributed by atoms with Crippen molar-refractivity contribution in [2.75, 3.05) is 56.2 Å². The maximum absolute atomic E-state index is 13.4. The molecular weight excluding hydrogens is 446 g/mol. The van der Waals surface area contributed by atoms with Crippen LogP contribution in [0.25, 0.3) is 10.2 Å². The molecule has 3 aromatic rings. The van der Waals surface area contributed by atoms with Gasteiger partial charge in [0.15, 0.2) is 0 Å². The van der Waals surface area contributed by atoms with Crippen molar-refractivity contribution in [3.8, 4) is 5.75 Å². The number of benzene rings is 1. The van der Waals surface area contributed by atoms with Crippen LogP contribution < -0.4 is 14.5 Å². The van der Waals surface area contributed by atoms with E-state index in [-0.39, 0.29) is 5.92 Å². The van der Waals surface area contributed by atoms with Gasteiger partial charge < -0.3 is 19.4 Å². The molecule has 5 rings (SSSR count). The van der Waals surface area contributed by atoms with Gasteiger partial charge in [0, 0.05) is 55.8 Å². The maximum Gasteiger partial charge on any atom is 0.225 e. The van der Waals surface area contributed by atoms with Crippen molar-refractivity contribution in [1.29, 1.82) is 0 Å². The maximum atomic E-state index is 13.4. The largest absolute Gasteiger partial charge is 0.497 e. The zero-order valence-corrected chi connectivity index (χ0v) is 21.1. The molecule has 8 heteroatoms. The lowest BCUT2D eigenvalue weighted by Gasteiger charge is -2.35. The zero-order valence-electron chi connectivity index (χ0n) is 20.3. The van der Waals surface area contributed by atoms with E-state index < -0.39 is 0 Å². The van der Waals surface area contributed by atoms with Crippen LogP contribution >= 0.6 is 11.3 Å². The fraction of sp³-hybridized carbons (Fsp3) is 0.500. The molecule has 7 nitrogen and oxygen atoms in total. The molecule has 2 aromatic heterocycles. The number of carbonyl (C=O) groups is 1. The first kappa shape index (κ1) is 22.9. The number of ether oxygens (including phenoxy) is 1. The Hall–Kier alpha value is -2.87. The number of anilines is 2. The summed E-state index contributed by atoms with van der Waals surface area (Å²) >= 11 is 1.73. The molecule has 2 aliphatic heterocycles. The minimum Gasteiger partial charge on any atom is -0.497 e. The predicted octanol–water partition coefficient (Wildman–Crippen LogP) is 4.27. The first-order valence-electron chi connectivity index (χ1n) is 12.2. The molecular formula is C26H33N5O2S. The Labute approximate surface area is 205 Å². The topological polar surface area (TPSA) is 61.8 Å². The van der Waals surface area contributed by atoms with E-state index in [0.29, 0.717) is 5.91 Å². The van der Waals surface area contributed by atoms with Crippen LogP contribution in [-0.2, 0) is 4.79 Å². The molecule has 2 fully saturated rings. The van der Waals surface area contributed by atoms with Gasteiger partial charge in [-0.3, -0.25) is 4.79 Å². The first-order chi connectivity index (χ1) is 16.5. The number of rotatable bonds is 4. The van der Waals surface area contributed by atoms with Gasteiger partial charge in [0.05, 0.1) is 12.5 Å². The van der Waals surface area contributed by atoms with E-state index in [2.05, 4.69) is 50.6 Å². The lowest BCUT2D eigenvalue weighted by molar-refractivity contribution is -0.135. The van der Waals surface area contributed by atoms with Gasteiger partial charge >= 0.3 is 0 Å². The third kappa shape index (κ3) is 4.43. The fourth-order valence-corrected chi connectivity index (χ4v) is 6.18. The SMILES string of the molecule is COc1ccc(N2CCCN(C(=O)C3CCN(c4ncnc5sc(C)c(C)c45)CC3)CC2)cc1. The lowest BCUT2D eigenvalue weighted by atomic mass is 9.95. The highest BCUT2D eigenvalue weighted by Crippen LogP contribution is 2.36. The smallest absolute Gasteiger partial charge is 0.225 e. The van der Waals surface area contributed by atoms with Crippen molar-refractivity contribution in [3.05, 3.63) is 41.0 Å². The number of piperidine rings is 1. The average Bonchev–Trinajstić information content (AvgIpc) is 3.04. The monoisotopic (exact) mass is 479 g/mol. The minimum atomic E-state index is 0.103. The van der Waals surface area contributed by atoms with Gasteiger partial charge in [-0.1, -0.05) is 0 Å². The second-order valence-electron chi connectivity index (χ2n) is 9.29. The zero-order chi connectivity index (χ0) is 23.7. The van der Waals surface area contributed by atoms with E-state index in [4.69, 9.17) is 4.74 Å². The summed E-state index contributed by atoms with van der Waals surface area (Å²) in [4.78, 5) is 31.7. The van der Waals surface area contributed by atoms with Crippen LogP contribution in [0, 0.1) is 19.8 Å². The molecule has 0 bridgehead atoms. The molecule has 0 N–H and O–H groups in total. The van der Waals surface area contributed by atoms with Crippen molar-refractivity contribution < 1.29 is 9.53 Å². The molecule has 0 spiro atoms. The summed E-state index contributed by atoms with van der Waals surface area (Å²) in [5.74, 6) is 2.33. The van der Waals surface area contributed by atoms with Crippen molar-refractivity contribution in [3.63, 3.8) is 0 Å². The van der Waals surface area contributed by atoms with Crippen LogP contribution in [0.2, 0.25) is 0 Å². The summed E-state index contributed by atoms with van der Waals surface area (Å²) < 4.78 is 5.28. The number of nitrogens with zero attached hydrogens (tertiary/aromatic N) is 5. The van der Waals surface area contributed by atoms with Crippen LogP contribution in [0.4, 0.5) is 11.5 Å². The number of hydrogen-bond donors (Lipinski definition) is 0. The standard InChI is InChI=1S/C26H33N5O2S/c1-18-19(2)34-25-23(18)24(27-17-28-25)30-13-9-20(10-14-30)26(32)31-12-4-11-29(15-16-31)21-5-7-22(33-3)8-6-21/h5-8,17,20H,4,9-16H2,1-3H3. The number of aromatic nitrogens is 2. The highest BCUT2D eigenvalue weighted by molar-refractivity contribution is 7.18. The summed E-state index contributed by atoms with van der Waals surface area (Å²) in [5.41, 5.74) is 2.47. The molecule has 34 heavy (non-hydrogen) atoms. The number of hydrogen-bond acceptors (Lipinski definition) is 7. The highest BCUT2D eigenvalue weighted by atomic mass is 32.1. The molecule has 0 atom stereocenters. The molecule has 0 saturated carbocycles. The van der Waals surface area contributed by atoms with Crippen LogP contribution in [0.3, 0.4) is 0 Å². The van der Waals surface area contributed by atoms with Crippen molar-refractivity contribution >= 4 is 39.0 Å². The summed E-state index contributed by atoms with van der Waals surface area (Å²) in [6.07, 6.45) is 4.43. The molecule has 0 unspecified atom stereocenters. The molecule has 0 radical (unpaired) electrons. The van der Waals surface area contributed by atoms with E-state index in [1.54, 1.807) is 24.8 Å². The Balaban J connectivity index is 1.20. The van der Waals surface area contributed by atoms with Gasteiger partial charge in [0.25, 0.3) is 0 Å². The minimum absolute atomic E-state index is 0.103. The van der Waals surface area contributed by atoms with Crippen LogP contribution in [0.1, 0.15) is 29.7 Å². The van der Waals surface area contributed by atoms with Crippen molar-refractivity contribution in [1.82, 2.24) is 14.9 Å². The van der Waals surface area contributed by atoms with E-state index in [1.165, 1.54) is 21.5 Å². The average molecular weight is 480 g/mol. The molecule has 2 saturated heterocycles. The number of aryl methyl sites for hydroxylation is 2. The summed E-state index contributed by atoms with van der Waals surface area (Å²) in [6, 6.07) is 8.21. The number of fused-ring (bicyclic) bond motifs is 1. The van der Waals surface area contributed by atoms with E-state index in [0.717, 1.165) is 74.9 Å². The van der Waals surface area contributed by atoms with Crippen molar-refractivity contribution in [2.24, 2.45) is 5.92 Å². The fourth-order valence-electron chi connectivity index (χ4n) is 5.19. The summed E-state index contributed by atoms with van der Waals surface area (Å²) in [5, 5.41) is 1.18. The number of thiophene rings is 1. The Bertz CT molecular complexity index is 1150. The quantitative estimate of drug-likeness (QED) is 0.557. The van der Waals surface area contributed by atoms with Gasteiger partial charge in [0.2, 0.25) is 5.91 Å². The predicted molar refractivity (Wildman–Crippen MR) is 138 cm³/mol. The lowest BCUT2D eigenvalue weighted by Crippen LogP contribution is -2.44. The van der Waals surface area contributed by atoms with Gasteiger partial charge in [-0.15, -0.1) is 11.3 Å². The highest BCUT2D eigenvalue weighted by Gasteiger charge is 2.31. The van der Waals surface area contributed by atoms with E-state index >= 15 is 0 Å². The Morgan fingerprint density at radius 1 is 0.971 bits per heavy atom. The van der Waals surface area contributed by atoms with E-state index in [9.17, 15) is 4.79 Å². The molecule has 4 heterocycles. The van der Waals surface area contributed by atoms with Gasteiger partial charge in [-0.25, -0.2) is 9.97 Å². The Kier molecular flexibility index (Phi) is 6.59. The van der Waals surface area contributed by atoms with Gasteiger partial charge in [-0.05, 0) is 62.9 Å². The summed E-state index contributed by atoms with van der Waals surface area (Å²) in [6.45, 7) is 9.49. The van der Waals surface area contributed by atoms with Gasteiger partial charge in [-0.2, -0.15) is 0 Å². The third-order valence-corrected chi connectivity index (χ3v) is 8.45. The molecule has 1 amide bonds. The number of carbonyl (C=O) groups excluding carboxylic acids is 1. The number of amides is 1. The van der Waals surface area contributed by atoms with Crippen LogP contribution in [0.15, 0.2) is 30.6 Å². The molecule has 180 valence electrons. The number of methoxy groups -OCH3 is 1. The van der Waals surface area contributed by atoms with E-state index in [1.807, 2.05) is 12.1 Å². The molecule has 0 aliphatic carbocycles. The first-order valence-corrected chi connectivity index (χ1v) is 13.0. The Morgan fingerprint density at radius 3 is 2.47 bits per heavy atom.